The molecular weight excluding hydrogens is 445 g/mol. The van der Waals surface area contributed by atoms with Crippen LogP contribution in [-0.4, -0.2) is 43.5 Å². The van der Waals surface area contributed by atoms with E-state index in [1.54, 1.807) is 0 Å². The predicted octanol–water partition coefficient (Wildman–Crippen LogP) is 0.820. The van der Waals surface area contributed by atoms with E-state index in [1.807, 2.05) is 0 Å². The Labute approximate surface area is 179 Å². The Hall–Kier alpha value is -1.66. The van der Waals surface area contributed by atoms with E-state index in [1.165, 1.54) is 28.2 Å². The van der Waals surface area contributed by atoms with Crippen molar-refractivity contribution in [3.05, 3.63) is 65.7 Å². The van der Waals surface area contributed by atoms with E-state index < -0.39 is 0 Å². The van der Waals surface area contributed by atoms with Crippen LogP contribution in [0.2, 0.25) is 0 Å². The highest BCUT2D eigenvalue weighted by atomic mass is 127. The SMILES string of the molecule is C[N+]1=C(/C=C/c2ccc(N3CCNCC3)cc2)C(C)(C)c2ccccc21.[I-]. The van der Waals surface area contributed by atoms with E-state index in [4.69, 9.17) is 0 Å². The fourth-order valence-corrected chi connectivity index (χ4v) is 4.20. The number of halogens is 1. The lowest BCUT2D eigenvalue weighted by molar-refractivity contribution is -0.401. The molecule has 0 unspecified atom stereocenters. The summed E-state index contributed by atoms with van der Waals surface area (Å²) in [5.74, 6) is 0. The molecule has 0 bridgehead atoms. The molecule has 142 valence electrons. The van der Waals surface area contributed by atoms with Crippen LogP contribution in [-0.2, 0) is 5.41 Å². The van der Waals surface area contributed by atoms with Gasteiger partial charge in [0.1, 0.15) is 7.05 Å². The van der Waals surface area contributed by atoms with Gasteiger partial charge in [-0.2, -0.15) is 4.58 Å². The van der Waals surface area contributed by atoms with Crippen molar-refractivity contribution in [2.24, 2.45) is 0 Å². The molecule has 1 fully saturated rings. The lowest BCUT2D eigenvalue weighted by atomic mass is 9.81. The van der Waals surface area contributed by atoms with Gasteiger partial charge < -0.3 is 34.2 Å². The van der Waals surface area contributed by atoms with Gasteiger partial charge in [-0.1, -0.05) is 30.3 Å². The Balaban J connectivity index is 0.00000210. The summed E-state index contributed by atoms with van der Waals surface area (Å²) in [5, 5.41) is 3.41. The summed E-state index contributed by atoms with van der Waals surface area (Å²) in [7, 11) is 2.17. The first-order valence-electron chi connectivity index (χ1n) is 9.52. The van der Waals surface area contributed by atoms with Crippen molar-refractivity contribution in [1.82, 2.24) is 5.32 Å². The average molecular weight is 473 g/mol. The number of nitrogens with one attached hydrogen (secondary N) is 1. The second-order valence-electron chi connectivity index (χ2n) is 7.75. The van der Waals surface area contributed by atoms with Crippen molar-refractivity contribution >= 4 is 23.2 Å². The smallest absolute Gasteiger partial charge is 0.209 e. The maximum absolute atomic E-state index is 3.41. The predicted molar refractivity (Wildman–Crippen MR) is 111 cm³/mol. The van der Waals surface area contributed by atoms with Crippen LogP contribution >= 0.6 is 0 Å². The van der Waals surface area contributed by atoms with Gasteiger partial charge in [0.2, 0.25) is 5.69 Å². The topological polar surface area (TPSA) is 18.3 Å². The standard InChI is InChI=1S/C23H28N3.HI/c1-23(2)20-6-4-5-7-21(20)25(3)22(23)13-10-18-8-11-19(12-9-18)26-16-14-24-15-17-26;/h4-13,24H,14-17H2,1-3H3;1H/q+1;/p-1. The largest absolute Gasteiger partial charge is 1.00 e. The third-order valence-electron chi connectivity index (χ3n) is 5.75. The Morgan fingerprint density at radius 2 is 1.63 bits per heavy atom. The third-order valence-corrected chi connectivity index (χ3v) is 5.75. The summed E-state index contributed by atoms with van der Waals surface area (Å²) in [6.45, 7) is 8.93. The van der Waals surface area contributed by atoms with Crippen LogP contribution in [0.4, 0.5) is 11.4 Å². The van der Waals surface area contributed by atoms with Crippen molar-refractivity contribution in [3.63, 3.8) is 0 Å². The number of rotatable bonds is 3. The maximum Gasteiger partial charge on any atom is 0.209 e. The number of fused-ring (bicyclic) bond motifs is 1. The molecule has 3 nitrogen and oxygen atoms in total. The summed E-state index contributed by atoms with van der Waals surface area (Å²) in [6, 6.07) is 17.6. The minimum atomic E-state index is 0. The highest BCUT2D eigenvalue weighted by molar-refractivity contribution is 6.05. The van der Waals surface area contributed by atoms with Gasteiger partial charge in [-0.3, -0.25) is 0 Å². The fraction of sp³-hybridized carbons (Fsp3) is 0.348. The van der Waals surface area contributed by atoms with Gasteiger partial charge in [-0.05, 0) is 37.6 Å². The van der Waals surface area contributed by atoms with Crippen LogP contribution in [0.25, 0.3) is 6.08 Å². The van der Waals surface area contributed by atoms with Crippen LogP contribution < -0.4 is 34.2 Å². The van der Waals surface area contributed by atoms with Gasteiger partial charge in [0.25, 0.3) is 0 Å². The summed E-state index contributed by atoms with van der Waals surface area (Å²) in [5.41, 5.74) is 6.65. The maximum atomic E-state index is 3.41. The van der Waals surface area contributed by atoms with Crippen molar-refractivity contribution in [3.8, 4) is 0 Å². The van der Waals surface area contributed by atoms with E-state index in [2.05, 4.69) is 96.4 Å². The molecule has 2 heterocycles. The Morgan fingerprint density at radius 1 is 0.963 bits per heavy atom. The molecule has 1 N–H and O–H groups in total. The molecule has 2 aliphatic rings. The molecule has 4 rings (SSSR count). The zero-order valence-corrected chi connectivity index (χ0v) is 18.5. The van der Waals surface area contributed by atoms with Gasteiger partial charge >= 0.3 is 0 Å². The Morgan fingerprint density at radius 3 is 2.30 bits per heavy atom. The molecule has 0 spiro atoms. The minimum absolute atomic E-state index is 0. The van der Waals surface area contributed by atoms with Gasteiger partial charge in [0.05, 0.1) is 5.41 Å². The number of hydrogen-bond donors (Lipinski definition) is 1. The lowest BCUT2D eigenvalue weighted by Crippen LogP contribution is -3.00. The minimum Gasteiger partial charge on any atom is -1.00 e. The molecule has 2 aromatic carbocycles. The molecule has 1 saturated heterocycles. The van der Waals surface area contributed by atoms with Gasteiger partial charge in [-0.25, -0.2) is 0 Å². The molecule has 0 aromatic heterocycles. The average Bonchev–Trinajstić information content (AvgIpc) is 2.88. The summed E-state index contributed by atoms with van der Waals surface area (Å²) >= 11 is 0. The second-order valence-corrected chi connectivity index (χ2v) is 7.75. The van der Waals surface area contributed by atoms with E-state index in [9.17, 15) is 0 Å². The molecular formula is C23H28IN3. The highest BCUT2D eigenvalue weighted by Gasteiger charge is 2.42. The molecule has 0 radical (unpaired) electrons. The van der Waals surface area contributed by atoms with E-state index in [-0.39, 0.29) is 29.4 Å². The van der Waals surface area contributed by atoms with Gasteiger partial charge in [0.15, 0.2) is 5.71 Å². The monoisotopic (exact) mass is 473 g/mol. The molecule has 27 heavy (non-hydrogen) atoms. The van der Waals surface area contributed by atoms with Crippen LogP contribution in [0.3, 0.4) is 0 Å². The number of anilines is 1. The molecule has 4 heteroatoms. The molecule has 0 amide bonds. The number of hydrogen-bond acceptors (Lipinski definition) is 2. The normalized spacial score (nSPS) is 18.6. The van der Waals surface area contributed by atoms with Gasteiger partial charge in [0, 0.05) is 49.6 Å². The van der Waals surface area contributed by atoms with Crippen LogP contribution in [0, 0.1) is 0 Å². The second kappa shape index (κ2) is 8.15. The van der Waals surface area contributed by atoms with Crippen molar-refractivity contribution in [1.29, 1.82) is 0 Å². The van der Waals surface area contributed by atoms with E-state index in [0.29, 0.717) is 0 Å². The summed E-state index contributed by atoms with van der Waals surface area (Å²) in [6.07, 6.45) is 4.51. The fourth-order valence-electron chi connectivity index (χ4n) is 4.20. The Bertz CT molecular complexity index is 859. The van der Waals surface area contributed by atoms with Crippen molar-refractivity contribution in [2.45, 2.75) is 19.3 Å². The molecule has 2 aromatic rings. The lowest BCUT2D eigenvalue weighted by Gasteiger charge is -2.29. The number of para-hydroxylation sites is 1. The quantitative estimate of drug-likeness (QED) is 0.526. The zero-order valence-electron chi connectivity index (χ0n) is 16.4. The molecule has 0 aliphatic carbocycles. The first kappa shape index (κ1) is 20.1. The van der Waals surface area contributed by atoms with Crippen LogP contribution in [0.1, 0.15) is 25.0 Å². The number of allylic oxidation sites excluding steroid dienone is 1. The van der Waals surface area contributed by atoms with Crippen LogP contribution in [0.5, 0.6) is 0 Å². The number of piperazine rings is 1. The molecule has 0 saturated carbocycles. The van der Waals surface area contributed by atoms with Crippen molar-refractivity contribution in [2.75, 3.05) is 38.1 Å². The van der Waals surface area contributed by atoms with E-state index in [0.717, 1.165) is 26.2 Å². The van der Waals surface area contributed by atoms with E-state index >= 15 is 0 Å². The third kappa shape index (κ3) is 3.83. The summed E-state index contributed by atoms with van der Waals surface area (Å²) < 4.78 is 2.32. The highest BCUT2D eigenvalue weighted by Crippen LogP contribution is 2.39. The van der Waals surface area contributed by atoms with Crippen LogP contribution in [0.15, 0.2) is 54.6 Å². The molecule has 2 aliphatic heterocycles. The summed E-state index contributed by atoms with van der Waals surface area (Å²) in [4.78, 5) is 2.45. The Kier molecular flexibility index (Phi) is 6.06. The van der Waals surface area contributed by atoms with Crippen molar-refractivity contribution < 1.29 is 28.6 Å². The molecule has 0 atom stereocenters. The number of benzene rings is 2. The first-order chi connectivity index (χ1) is 12.6. The zero-order chi connectivity index (χ0) is 18.1. The van der Waals surface area contributed by atoms with Gasteiger partial charge in [-0.15, -0.1) is 0 Å². The first-order valence-corrected chi connectivity index (χ1v) is 9.52. The number of nitrogens with zero attached hydrogens (tertiary/aromatic N) is 2.